The molecule has 6 rings (SSSR count). The molecule has 0 saturated carbocycles. The topological polar surface area (TPSA) is 128 Å². The number of nitrogens with zero attached hydrogens (tertiary/aromatic N) is 5. The van der Waals surface area contributed by atoms with Crippen molar-refractivity contribution >= 4 is 57.3 Å². The van der Waals surface area contributed by atoms with Crippen LogP contribution in [0.25, 0.3) is 10.6 Å². The van der Waals surface area contributed by atoms with Crippen molar-refractivity contribution in [2.45, 2.75) is 30.7 Å². The van der Waals surface area contributed by atoms with E-state index in [1.165, 1.54) is 34.5 Å². The summed E-state index contributed by atoms with van der Waals surface area (Å²) < 4.78 is 3.31. The fraction of sp³-hybridized carbons (Fsp3) is 0.300. The highest BCUT2D eigenvalue weighted by molar-refractivity contribution is 8.00. The molecule has 1 aromatic heterocycles. The minimum Gasteiger partial charge on any atom is -0.412 e. The van der Waals surface area contributed by atoms with Gasteiger partial charge in [-0.25, -0.2) is 0 Å². The van der Waals surface area contributed by atoms with Crippen molar-refractivity contribution < 1.29 is 17.2 Å². The van der Waals surface area contributed by atoms with Gasteiger partial charge in [-0.05, 0) is 79.7 Å². The molecule has 0 spiro atoms. The Morgan fingerprint density at radius 1 is 0.976 bits per heavy atom. The van der Waals surface area contributed by atoms with Gasteiger partial charge in [0, 0.05) is 61.0 Å². The molecule has 3 aromatic carbocycles. The average molecular weight is 629 g/mol. The van der Waals surface area contributed by atoms with Gasteiger partial charge in [-0.2, -0.15) is 0 Å². The number of carbonyl (C=O) groups excluding carboxylic acids is 1. The van der Waals surface area contributed by atoms with Crippen LogP contribution in [0.15, 0.2) is 77.7 Å². The van der Waals surface area contributed by atoms with E-state index in [-0.39, 0.29) is 24.3 Å². The third kappa shape index (κ3) is 6.99. The number of hydrogen-bond acceptors (Lipinski definition) is 8. The summed E-state index contributed by atoms with van der Waals surface area (Å²) >= 11 is 9.28. The van der Waals surface area contributed by atoms with Gasteiger partial charge in [-0.15, -0.1) is 10.2 Å². The van der Waals surface area contributed by atoms with E-state index in [4.69, 9.17) is 11.6 Å². The summed E-state index contributed by atoms with van der Waals surface area (Å²) in [5, 5.41) is 11.0. The lowest BCUT2D eigenvalue weighted by Gasteiger charge is -2.41. The van der Waals surface area contributed by atoms with E-state index in [1.54, 1.807) is 0 Å². The molecule has 2 aliphatic rings. The predicted octanol–water partition coefficient (Wildman–Crippen LogP) is 5.06. The van der Waals surface area contributed by atoms with Gasteiger partial charge in [0.15, 0.2) is 0 Å². The van der Waals surface area contributed by atoms with Gasteiger partial charge in [-0.1, -0.05) is 53.3 Å². The molecule has 9 nitrogen and oxygen atoms in total. The summed E-state index contributed by atoms with van der Waals surface area (Å²) in [4.78, 5) is 21.2. The lowest BCUT2D eigenvalue weighted by atomic mass is 10.00. The minimum atomic E-state index is -0.188. The van der Waals surface area contributed by atoms with Crippen molar-refractivity contribution in [2.24, 2.45) is 0 Å². The smallest absolute Gasteiger partial charge is 0.245 e. The third-order valence-corrected chi connectivity index (χ3v) is 9.57. The average Bonchev–Trinajstić information content (AvgIpc) is 3.49. The molecule has 5 N–H and O–H groups in total. The second-order valence-corrected chi connectivity index (χ2v) is 12.3. The van der Waals surface area contributed by atoms with E-state index in [1.807, 2.05) is 54.3 Å². The maximum absolute atomic E-state index is 13.5. The highest BCUT2D eigenvalue weighted by Gasteiger charge is 2.31. The monoisotopic (exact) mass is 628 g/mol. The molecule has 12 heteroatoms. The highest BCUT2D eigenvalue weighted by atomic mass is 35.5. The molecule has 2 aliphatic heterocycles. The van der Waals surface area contributed by atoms with Crippen LogP contribution in [0.2, 0.25) is 5.02 Å². The van der Waals surface area contributed by atoms with Crippen molar-refractivity contribution in [3.05, 3.63) is 83.4 Å². The molecule has 224 valence electrons. The van der Waals surface area contributed by atoms with Crippen LogP contribution < -0.4 is 14.5 Å². The first-order valence-corrected chi connectivity index (χ1v) is 15.6. The van der Waals surface area contributed by atoms with Gasteiger partial charge in [-0.3, -0.25) is 4.79 Å². The maximum atomic E-state index is 13.5. The number of fused-ring (bicyclic) bond motifs is 1. The van der Waals surface area contributed by atoms with Crippen LogP contribution >= 0.6 is 34.9 Å². The number of piperazine rings is 1. The maximum Gasteiger partial charge on any atom is 0.245 e. The van der Waals surface area contributed by atoms with Crippen LogP contribution in [-0.2, 0) is 11.2 Å². The van der Waals surface area contributed by atoms with Crippen LogP contribution in [0, 0.1) is 0 Å². The molecule has 1 atom stereocenters. The molecule has 0 aliphatic carbocycles. The zero-order valence-electron chi connectivity index (χ0n) is 23.3. The Morgan fingerprint density at radius 3 is 2.45 bits per heavy atom. The van der Waals surface area contributed by atoms with Gasteiger partial charge in [0.05, 0.1) is 0 Å². The normalized spacial score (nSPS) is 15.2. The molecular weight excluding hydrogens is 592 g/mol. The number of amides is 1. The number of halogens is 1. The molecule has 0 unspecified atom stereocenters. The third-order valence-electron chi connectivity index (χ3n) is 7.52. The number of hydrogen-bond donors (Lipinski definition) is 1. The van der Waals surface area contributed by atoms with Gasteiger partial charge in [0.2, 0.25) is 11.0 Å². The van der Waals surface area contributed by atoms with Crippen LogP contribution in [0.4, 0.5) is 16.5 Å². The number of nitrogens with one attached hydrogen (secondary N) is 1. The number of carbonyl (C=O) groups is 1. The molecule has 0 radical (unpaired) electrons. The number of aromatic nitrogens is 2. The van der Waals surface area contributed by atoms with E-state index in [0.29, 0.717) is 0 Å². The van der Waals surface area contributed by atoms with Gasteiger partial charge >= 0.3 is 0 Å². The molecule has 3 heterocycles. The first-order chi connectivity index (χ1) is 19.5. The van der Waals surface area contributed by atoms with Crippen molar-refractivity contribution in [3.63, 3.8) is 0 Å². The summed E-state index contributed by atoms with van der Waals surface area (Å²) in [5.74, 6) is 0.201. The largest absolute Gasteiger partial charge is 0.412 e. The fourth-order valence-corrected chi connectivity index (χ4v) is 6.97. The predicted molar refractivity (Wildman–Crippen MR) is 176 cm³/mol. The molecular formula is C30H37ClN6O3S2. The summed E-state index contributed by atoms with van der Waals surface area (Å²) in [6.45, 7) is 6.03. The van der Waals surface area contributed by atoms with Gasteiger partial charge in [0.1, 0.15) is 11.0 Å². The Bertz CT molecular complexity index is 1470. The summed E-state index contributed by atoms with van der Waals surface area (Å²) in [7, 11) is 0. The highest BCUT2D eigenvalue weighted by Crippen LogP contribution is 2.32. The summed E-state index contributed by atoms with van der Waals surface area (Å²) in [6.07, 6.45) is 2.05. The van der Waals surface area contributed by atoms with E-state index in [0.717, 1.165) is 76.9 Å². The fourth-order valence-electron chi connectivity index (χ4n) is 5.37. The molecule has 1 saturated heterocycles. The molecule has 1 amide bonds. The van der Waals surface area contributed by atoms with Crippen molar-refractivity contribution in [3.8, 4) is 10.6 Å². The number of aryl methyl sites for hydroxylation is 1. The van der Waals surface area contributed by atoms with Crippen LogP contribution in [0.3, 0.4) is 0 Å². The standard InChI is InChI=1S/C30H31ClN6OS2.2H2O.H2/c1-21(37-15-5-8-23-20-24(31)9-14-27(23)37)29(38)36-18-16-35(17-19-36)25-10-12-26(13-11-25)40-34-30-33-32-28(39-30)22-6-3-2-4-7-22;;;/h2-4,6-7,9-14,20-21H,5,8,15-19H2,1H3,(H,33,34);2*1H2;1H/t21-;;;/m1.../s1. The lowest BCUT2D eigenvalue weighted by Crippen LogP contribution is -2.55. The van der Waals surface area contributed by atoms with Gasteiger partial charge < -0.3 is 30.4 Å². The molecule has 1 fully saturated rings. The van der Waals surface area contributed by atoms with E-state index >= 15 is 0 Å². The van der Waals surface area contributed by atoms with E-state index < -0.39 is 0 Å². The SMILES string of the molecule is C[C@H](C(=O)N1CCN(c2ccc(SNc3nnc(-c4ccccc4)s3)cc2)CC1)N1CCCc2cc(Cl)ccc21.O.O.[HH]. The first-order valence-electron chi connectivity index (χ1n) is 13.6. The van der Waals surface area contributed by atoms with Crippen LogP contribution in [-0.4, -0.2) is 70.7 Å². The van der Waals surface area contributed by atoms with Crippen molar-refractivity contribution in [2.75, 3.05) is 47.2 Å². The molecule has 0 bridgehead atoms. The van der Waals surface area contributed by atoms with Crippen molar-refractivity contribution in [1.82, 2.24) is 15.1 Å². The number of anilines is 3. The number of benzene rings is 3. The van der Waals surface area contributed by atoms with Crippen LogP contribution in [0.1, 0.15) is 20.3 Å². The quantitative estimate of drug-likeness (QED) is 0.283. The Morgan fingerprint density at radius 2 is 1.71 bits per heavy atom. The summed E-state index contributed by atoms with van der Waals surface area (Å²) in [6, 6.07) is 24.4. The second kappa shape index (κ2) is 14.2. The lowest BCUT2D eigenvalue weighted by molar-refractivity contribution is -0.132. The zero-order chi connectivity index (χ0) is 27.5. The minimum absolute atomic E-state index is 0. The zero-order valence-corrected chi connectivity index (χ0v) is 25.7. The Kier molecular flexibility index (Phi) is 10.7. The van der Waals surface area contributed by atoms with Gasteiger partial charge in [0.25, 0.3) is 0 Å². The Hall–Kier alpha value is -3.35. The summed E-state index contributed by atoms with van der Waals surface area (Å²) in [5.41, 5.74) is 4.63. The molecule has 42 heavy (non-hydrogen) atoms. The van der Waals surface area contributed by atoms with Crippen molar-refractivity contribution in [1.29, 1.82) is 0 Å². The first kappa shape index (κ1) is 31.6. The number of rotatable bonds is 7. The second-order valence-electron chi connectivity index (χ2n) is 10.0. The Balaban J connectivity index is 0.00000169. The Labute approximate surface area is 260 Å². The van der Waals surface area contributed by atoms with E-state index in [9.17, 15) is 4.79 Å². The van der Waals surface area contributed by atoms with Crippen LogP contribution in [0.5, 0.6) is 0 Å². The van der Waals surface area contributed by atoms with E-state index in [2.05, 4.69) is 55.1 Å². The molecule has 4 aromatic rings.